The Kier molecular flexibility index (Phi) is 4.92. The fourth-order valence-electron chi connectivity index (χ4n) is 2.35. The Labute approximate surface area is 152 Å². The fourth-order valence-corrected chi connectivity index (χ4v) is 4.24. The molecule has 2 heterocycles. The Morgan fingerprint density at radius 3 is 2.46 bits per heavy atom. The van der Waals surface area contributed by atoms with Crippen molar-refractivity contribution in [3.05, 3.63) is 80.9 Å². The summed E-state index contributed by atoms with van der Waals surface area (Å²) in [6, 6.07) is 11.0. The topological polar surface area (TPSA) is 123 Å². The molecule has 0 fully saturated rings. The maximum atomic E-state index is 12.5. The minimum Gasteiger partial charge on any atom is -0.466 e. The molecule has 2 N–H and O–H groups in total. The third-order valence-corrected chi connectivity index (χ3v) is 6.17. The van der Waals surface area contributed by atoms with Gasteiger partial charge in [0.05, 0.1) is 22.6 Å². The van der Waals surface area contributed by atoms with Crippen LogP contribution >= 0.6 is 11.3 Å². The molecule has 0 aliphatic rings. The van der Waals surface area contributed by atoms with Gasteiger partial charge in [0.15, 0.2) is 5.60 Å². The molecule has 2 aromatic heterocycles. The zero-order chi connectivity index (χ0) is 18.8. The number of non-ortho nitro benzene ring substituents is 1. The minimum atomic E-state index is -3.99. The number of rotatable bonds is 7. The van der Waals surface area contributed by atoms with Crippen molar-refractivity contribution in [2.24, 2.45) is 0 Å². The van der Waals surface area contributed by atoms with Crippen molar-refractivity contribution < 1.29 is 22.9 Å². The molecule has 0 radical (unpaired) electrons. The molecule has 0 bridgehead atoms. The Hall–Kier alpha value is -2.53. The van der Waals surface area contributed by atoms with Gasteiger partial charge in [-0.1, -0.05) is 6.07 Å². The van der Waals surface area contributed by atoms with Gasteiger partial charge in [0.1, 0.15) is 5.76 Å². The van der Waals surface area contributed by atoms with E-state index in [-0.39, 0.29) is 22.9 Å². The summed E-state index contributed by atoms with van der Waals surface area (Å²) in [5.74, 6) is 0.200. The quantitative estimate of drug-likeness (QED) is 0.469. The standard InChI is InChI=1S/C16H14N2O6S2/c19-16(14-3-1-9-24-14,15-4-2-10-25-15)11-17-26(22,23)13-7-5-12(6-8-13)18(20)21/h1-10,17,19H,11H2. The highest BCUT2D eigenvalue weighted by molar-refractivity contribution is 7.89. The lowest BCUT2D eigenvalue weighted by Crippen LogP contribution is -2.40. The Morgan fingerprint density at radius 1 is 1.19 bits per heavy atom. The van der Waals surface area contributed by atoms with Gasteiger partial charge in [-0.25, -0.2) is 13.1 Å². The number of nitrogens with one attached hydrogen (secondary N) is 1. The monoisotopic (exact) mass is 394 g/mol. The van der Waals surface area contributed by atoms with Crippen LogP contribution in [0.3, 0.4) is 0 Å². The molecule has 0 saturated carbocycles. The lowest BCUT2D eigenvalue weighted by Gasteiger charge is -2.25. The average molecular weight is 394 g/mol. The van der Waals surface area contributed by atoms with E-state index in [2.05, 4.69) is 4.72 Å². The van der Waals surface area contributed by atoms with Crippen molar-refractivity contribution in [3.8, 4) is 0 Å². The van der Waals surface area contributed by atoms with Gasteiger partial charge < -0.3 is 9.52 Å². The van der Waals surface area contributed by atoms with Crippen LogP contribution in [0.25, 0.3) is 0 Å². The Morgan fingerprint density at radius 2 is 1.92 bits per heavy atom. The second kappa shape index (κ2) is 7.00. The molecule has 1 unspecified atom stereocenters. The molecule has 0 spiro atoms. The van der Waals surface area contributed by atoms with Gasteiger partial charge in [-0.2, -0.15) is 0 Å². The van der Waals surface area contributed by atoms with Crippen LogP contribution in [0.1, 0.15) is 10.6 Å². The molecule has 8 nitrogen and oxygen atoms in total. The Balaban J connectivity index is 1.86. The lowest BCUT2D eigenvalue weighted by molar-refractivity contribution is -0.384. The average Bonchev–Trinajstić information content (AvgIpc) is 3.33. The van der Waals surface area contributed by atoms with Gasteiger partial charge >= 0.3 is 0 Å². The third kappa shape index (κ3) is 3.53. The van der Waals surface area contributed by atoms with Gasteiger partial charge in [-0.15, -0.1) is 11.3 Å². The van der Waals surface area contributed by atoms with Crippen molar-refractivity contribution in [2.75, 3.05) is 6.54 Å². The number of aliphatic hydroxyl groups is 1. The van der Waals surface area contributed by atoms with Crippen LogP contribution in [0.5, 0.6) is 0 Å². The van der Waals surface area contributed by atoms with Crippen molar-refractivity contribution in [1.82, 2.24) is 4.72 Å². The molecular formula is C16H14N2O6S2. The van der Waals surface area contributed by atoms with Crippen molar-refractivity contribution >= 4 is 27.0 Å². The van der Waals surface area contributed by atoms with Crippen molar-refractivity contribution in [3.63, 3.8) is 0 Å². The van der Waals surface area contributed by atoms with E-state index in [1.807, 2.05) is 0 Å². The maximum Gasteiger partial charge on any atom is 0.269 e. The number of thiophene rings is 1. The Bertz CT molecular complexity index is 946. The molecule has 3 rings (SSSR count). The molecule has 10 heteroatoms. The van der Waals surface area contributed by atoms with E-state index in [1.54, 1.807) is 29.6 Å². The summed E-state index contributed by atoms with van der Waals surface area (Å²) in [4.78, 5) is 10.4. The van der Waals surface area contributed by atoms with Crippen LogP contribution < -0.4 is 4.72 Å². The molecule has 0 aliphatic carbocycles. The van der Waals surface area contributed by atoms with Crippen LogP contribution in [-0.4, -0.2) is 25.0 Å². The van der Waals surface area contributed by atoms with E-state index in [1.165, 1.54) is 17.6 Å². The first-order chi connectivity index (χ1) is 12.3. The zero-order valence-corrected chi connectivity index (χ0v) is 14.9. The van der Waals surface area contributed by atoms with E-state index in [0.717, 1.165) is 24.3 Å². The van der Waals surface area contributed by atoms with Crippen molar-refractivity contribution in [1.29, 1.82) is 0 Å². The summed E-state index contributed by atoms with van der Waals surface area (Å²) in [6.45, 7) is -0.361. The molecule has 136 valence electrons. The van der Waals surface area contributed by atoms with Crippen LogP contribution in [-0.2, 0) is 15.6 Å². The van der Waals surface area contributed by atoms with Gasteiger partial charge in [0, 0.05) is 17.0 Å². The second-order valence-corrected chi connectivity index (χ2v) is 8.11. The first-order valence-electron chi connectivity index (χ1n) is 7.37. The molecule has 1 atom stereocenters. The van der Waals surface area contributed by atoms with Crippen LogP contribution in [0.15, 0.2) is 69.5 Å². The summed E-state index contributed by atoms with van der Waals surface area (Å²) >= 11 is 1.26. The SMILES string of the molecule is O=[N+]([O-])c1ccc(S(=O)(=O)NCC(O)(c2ccco2)c2cccs2)cc1. The molecule has 26 heavy (non-hydrogen) atoms. The summed E-state index contributed by atoms with van der Waals surface area (Å²) in [7, 11) is -3.99. The number of furan rings is 1. The smallest absolute Gasteiger partial charge is 0.269 e. The van der Waals surface area contributed by atoms with Gasteiger partial charge in [-0.05, 0) is 35.7 Å². The number of benzene rings is 1. The summed E-state index contributed by atoms with van der Waals surface area (Å²) in [6.07, 6.45) is 1.39. The second-order valence-electron chi connectivity index (χ2n) is 5.39. The third-order valence-electron chi connectivity index (χ3n) is 3.73. The molecule has 1 aromatic carbocycles. The number of sulfonamides is 1. The number of nitrogens with zero attached hydrogens (tertiary/aromatic N) is 1. The van der Waals surface area contributed by atoms with Crippen LogP contribution in [0.4, 0.5) is 5.69 Å². The van der Waals surface area contributed by atoms with Crippen LogP contribution in [0, 0.1) is 10.1 Å². The first kappa shape index (κ1) is 18.3. The molecular weight excluding hydrogens is 380 g/mol. The number of hydrogen-bond donors (Lipinski definition) is 2. The normalized spacial score (nSPS) is 14.0. The summed E-state index contributed by atoms with van der Waals surface area (Å²) in [5.41, 5.74) is -1.89. The molecule has 3 aromatic rings. The number of nitro benzene ring substituents is 1. The predicted octanol–water partition coefficient (Wildman–Crippen LogP) is 2.46. The summed E-state index contributed by atoms with van der Waals surface area (Å²) < 4.78 is 32.6. The molecule has 0 aliphatic heterocycles. The van der Waals surface area contributed by atoms with Crippen molar-refractivity contribution in [2.45, 2.75) is 10.5 Å². The van der Waals surface area contributed by atoms with Gasteiger partial charge in [0.25, 0.3) is 5.69 Å². The van der Waals surface area contributed by atoms with Gasteiger partial charge in [-0.3, -0.25) is 10.1 Å². The van der Waals surface area contributed by atoms with Gasteiger partial charge in [0.2, 0.25) is 10.0 Å². The van der Waals surface area contributed by atoms with Crippen LogP contribution in [0.2, 0.25) is 0 Å². The number of nitro groups is 1. The summed E-state index contributed by atoms with van der Waals surface area (Å²) in [5, 5.41) is 23.5. The largest absolute Gasteiger partial charge is 0.466 e. The highest BCUT2D eigenvalue weighted by atomic mass is 32.2. The van der Waals surface area contributed by atoms with E-state index in [4.69, 9.17) is 4.42 Å². The predicted molar refractivity (Wildman–Crippen MR) is 94.3 cm³/mol. The fraction of sp³-hybridized carbons (Fsp3) is 0.125. The molecule has 0 saturated heterocycles. The van der Waals surface area contributed by atoms with E-state index in [0.29, 0.717) is 4.88 Å². The highest BCUT2D eigenvalue weighted by Crippen LogP contribution is 2.33. The zero-order valence-electron chi connectivity index (χ0n) is 13.2. The lowest BCUT2D eigenvalue weighted by atomic mass is 9.99. The highest BCUT2D eigenvalue weighted by Gasteiger charge is 2.37. The first-order valence-corrected chi connectivity index (χ1v) is 9.74. The minimum absolute atomic E-state index is 0.143. The molecule has 0 amide bonds. The number of hydrogen-bond acceptors (Lipinski definition) is 7. The van der Waals surface area contributed by atoms with E-state index < -0.39 is 20.5 Å². The van der Waals surface area contributed by atoms with E-state index >= 15 is 0 Å². The van der Waals surface area contributed by atoms with E-state index in [9.17, 15) is 23.6 Å². The maximum absolute atomic E-state index is 12.5.